The Labute approximate surface area is 160 Å². The minimum atomic E-state index is -1.16. The second-order valence-electron chi connectivity index (χ2n) is 5.02. The van der Waals surface area contributed by atoms with Gasteiger partial charge in [0.05, 0.1) is 18.3 Å². The van der Waals surface area contributed by atoms with Crippen LogP contribution in [-0.4, -0.2) is 63.1 Å². The van der Waals surface area contributed by atoms with Crippen LogP contribution in [0.1, 0.15) is 12.0 Å². The lowest BCUT2D eigenvalue weighted by molar-refractivity contribution is -0.139. The smallest absolute Gasteiger partial charge is 0.341 e. The maximum absolute atomic E-state index is 11.6. The zero-order chi connectivity index (χ0) is 20.2. The van der Waals surface area contributed by atoms with Crippen LogP contribution in [0.3, 0.4) is 0 Å². The lowest BCUT2D eigenvalue weighted by Gasteiger charge is -2.11. The maximum Gasteiger partial charge on any atom is 0.341 e. The summed E-state index contributed by atoms with van der Waals surface area (Å²) in [6.45, 7) is 0.183. The normalized spacial score (nSPS) is 10.5. The minimum absolute atomic E-state index is 0.0678. The number of halogens is 1. The van der Waals surface area contributed by atoms with Crippen molar-refractivity contribution >= 4 is 35.6 Å². The number of nitrogens with zero attached hydrogens (tertiary/aromatic N) is 1. The Morgan fingerprint density at radius 2 is 2.00 bits per heavy atom. The molecule has 0 saturated carbocycles. The fourth-order valence-electron chi connectivity index (χ4n) is 1.80. The number of carboxylic acids is 1. The third-order valence-corrected chi connectivity index (χ3v) is 3.27. The minimum Gasteiger partial charge on any atom is -0.493 e. The molecule has 0 bridgehead atoms. The number of hydrogen-bond donors (Lipinski definition) is 3. The molecule has 10 nitrogen and oxygen atoms in total. The van der Waals surface area contributed by atoms with Crippen LogP contribution in [0.25, 0.3) is 0 Å². The molecular formula is C16H20ClN3O7. The van der Waals surface area contributed by atoms with Crippen LogP contribution in [0.5, 0.6) is 11.5 Å². The lowest BCUT2D eigenvalue weighted by Crippen LogP contribution is -2.38. The monoisotopic (exact) mass is 401 g/mol. The number of nitrogens with one attached hydrogen (secondary N) is 2. The first-order chi connectivity index (χ1) is 12.9. The van der Waals surface area contributed by atoms with Gasteiger partial charge in [-0.2, -0.15) is 5.10 Å². The van der Waals surface area contributed by atoms with Crippen LogP contribution in [0.4, 0.5) is 0 Å². The number of benzene rings is 1. The molecular weight excluding hydrogens is 382 g/mol. The van der Waals surface area contributed by atoms with Crippen LogP contribution < -0.4 is 20.2 Å². The molecule has 0 radical (unpaired) electrons. The summed E-state index contributed by atoms with van der Waals surface area (Å²) in [5, 5.41) is 14.8. The summed E-state index contributed by atoms with van der Waals surface area (Å²) in [5.41, 5.74) is 2.51. The van der Waals surface area contributed by atoms with Crippen LogP contribution in [0, 0.1) is 0 Å². The van der Waals surface area contributed by atoms with Gasteiger partial charge < -0.3 is 24.6 Å². The van der Waals surface area contributed by atoms with Crippen LogP contribution in [0.15, 0.2) is 17.2 Å². The maximum atomic E-state index is 11.6. The Bertz CT molecular complexity index is 709. The van der Waals surface area contributed by atoms with Gasteiger partial charge in [-0.15, -0.1) is 0 Å². The quantitative estimate of drug-likeness (QED) is 0.223. The van der Waals surface area contributed by atoms with E-state index in [0.717, 1.165) is 0 Å². The number of ether oxygens (including phenoxy) is 3. The van der Waals surface area contributed by atoms with Gasteiger partial charge in [0.15, 0.2) is 18.1 Å². The topological polar surface area (TPSA) is 136 Å². The van der Waals surface area contributed by atoms with Gasteiger partial charge in [-0.3, -0.25) is 9.59 Å². The second kappa shape index (κ2) is 11.7. The molecule has 1 aromatic rings. The van der Waals surface area contributed by atoms with Crippen molar-refractivity contribution in [3.63, 3.8) is 0 Å². The number of aliphatic carboxylic acids is 1. The van der Waals surface area contributed by atoms with E-state index in [2.05, 4.69) is 15.8 Å². The molecule has 0 saturated heterocycles. The first kappa shape index (κ1) is 22.2. The Morgan fingerprint density at radius 1 is 1.26 bits per heavy atom. The highest BCUT2D eigenvalue weighted by Crippen LogP contribution is 2.35. The molecule has 11 heteroatoms. The number of rotatable bonds is 10. The molecule has 27 heavy (non-hydrogen) atoms. The third kappa shape index (κ3) is 7.92. The SMILES string of the molecule is COCCCNC(=O)C(=O)N/N=C\c1cc(Cl)c(OCC(=O)O)c(OC)c1. The van der Waals surface area contributed by atoms with E-state index < -0.39 is 24.4 Å². The zero-order valence-electron chi connectivity index (χ0n) is 14.8. The second-order valence-corrected chi connectivity index (χ2v) is 5.43. The van der Waals surface area contributed by atoms with E-state index in [9.17, 15) is 14.4 Å². The third-order valence-electron chi connectivity index (χ3n) is 2.99. The van der Waals surface area contributed by atoms with Crippen molar-refractivity contribution in [2.45, 2.75) is 6.42 Å². The molecule has 0 aliphatic carbocycles. The molecule has 0 atom stereocenters. The summed E-state index contributed by atoms with van der Waals surface area (Å²) in [4.78, 5) is 33.7. The predicted octanol–water partition coefficient (Wildman–Crippen LogP) is 0.415. The number of hydrazone groups is 1. The highest BCUT2D eigenvalue weighted by Gasteiger charge is 2.14. The van der Waals surface area contributed by atoms with E-state index in [-0.39, 0.29) is 16.5 Å². The average molecular weight is 402 g/mol. The molecule has 0 unspecified atom stereocenters. The van der Waals surface area contributed by atoms with Crippen molar-refractivity contribution < 1.29 is 33.7 Å². The number of carbonyl (C=O) groups is 3. The molecule has 0 heterocycles. The van der Waals surface area contributed by atoms with Gasteiger partial charge in [0.25, 0.3) is 0 Å². The first-order valence-electron chi connectivity index (χ1n) is 7.71. The Balaban J connectivity index is 2.67. The molecule has 0 aliphatic heterocycles. The van der Waals surface area contributed by atoms with Gasteiger partial charge in [0, 0.05) is 20.3 Å². The van der Waals surface area contributed by atoms with Gasteiger partial charge in [0.2, 0.25) is 0 Å². The molecule has 3 N–H and O–H groups in total. The van der Waals surface area contributed by atoms with E-state index in [1.54, 1.807) is 0 Å². The number of methoxy groups -OCH3 is 2. The van der Waals surface area contributed by atoms with Crippen molar-refractivity contribution in [2.24, 2.45) is 5.10 Å². The Morgan fingerprint density at radius 3 is 2.63 bits per heavy atom. The van der Waals surface area contributed by atoms with Crippen molar-refractivity contribution in [2.75, 3.05) is 34.0 Å². The highest BCUT2D eigenvalue weighted by molar-refractivity contribution is 6.35. The average Bonchev–Trinajstić information content (AvgIpc) is 2.63. The van der Waals surface area contributed by atoms with Crippen LogP contribution in [0.2, 0.25) is 5.02 Å². The van der Waals surface area contributed by atoms with E-state index in [0.29, 0.717) is 25.1 Å². The largest absolute Gasteiger partial charge is 0.493 e. The molecule has 148 valence electrons. The number of carbonyl (C=O) groups excluding carboxylic acids is 2. The molecule has 2 amide bonds. The fraction of sp³-hybridized carbons (Fsp3) is 0.375. The number of hydrogen-bond acceptors (Lipinski definition) is 7. The molecule has 0 aliphatic rings. The van der Waals surface area contributed by atoms with Crippen molar-refractivity contribution in [1.82, 2.24) is 10.7 Å². The van der Waals surface area contributed by atoms with Crippen LogP contribution >= 0.6 is 11.6 Å². The number of amides is 2. The molecule has 0 fully saturated rings. The molecule has 0 spiro atoms. The van der Waals surface area contributed by atoms with Crippen molar-refractivity contribution in [3.05, 3.63) is 22.7 Å². The zero-order valence-corrected chi connectivity index (χ0v) is 15.5. The van der Waals surface area contributed by atoms with Crippen LogP contribution in [-0.2, 0) is 19.1 Å². The summed E-state index contributed by atoms with van der Waals surface area (Å²) in [7, 11) is 2.89. The van der Waals surface area contributed by atoms with E-state index in [1.807, 2.05) is 0 Å². The Hall–Kier alpha value is -2.85. The predicted molar refractivity (Wildman–Crippen MR) is 96.4 cm³/mol. The summed E-state index contributed by atoms with van der Waals surface area (Å²) < 4.78 is 15.0. The molecule has 1 aromatic carbocycles. The van der Waals surface area contributed by atoms with Gasteiger partial charge >= 0.3 is 17.8 Å². The molecule has 1 rings (SSSR count). The van der Waals surface area contributed by atoms with Gasteiger partial charge in [-0.05, 0) is 24.1 Å². The van der Waals surface area contributed by atoms with Crippen molar-refractivity contribution in [3.8, 4) is 11.5 Å². The Kier molecular flexibility index (Phi) is 9.62. The van der Waals surface area contributed by atoms with Crippen molar-refractivity contribution in [1.29, 1.82) is 0 Å². The van der Waals surface area contributed by atoms with Gasteiger partial charge in [-0.1, -0.05) is 11.6 Å². The summed E-state index contributed by atoms with van der Waals surface area (Å²) in [5.74, 6) is -2.66. The lowest BCUT2D eigenvalue weighted by atomic mass is 10.2. The van der Waals surface area contributed by atoms with Gasteiger partial charge in [-0.25, -0.2) is 10.2 Å². The summed E-state index contributed by atoms with van der Waals surface area (Å²) in [6.07, 6.45) is 1.82. The fourth-order valence-corrected chi connectivity index (χ4v) is 2.08. The van der Waals surface area contributed by atoms with Gasteiger partial charge in [0.1, 0.15) is 0 Å². The number of carboxylic acid groups (broad SMARTS) is 1. The van der Waals surface area contributed by atoms with E-state index in [1.165, 1.54) is 32.6 Å². The van der Waals surface area contributed by atoms with E-state index in [4.69, 9.17) is 30.9 Å². The van der Waals surface area contributed by atoms with E-state index >= 15 is 0 Å². The first-order valence-corrected chi connectivity index (χ1v) is 8.09. The standard InChI is InChI=1S/C16H20ClN3O7/c1-25-5-3-4-18-15(23)16(24)20-19-8-10-6-11(17)14(12(7-10)26-2)27-9-13(21)22/h6-8H,3-5,9H2,1-2H3,(H,18,23)(H,20,24)(H,21,22)/b19-8-. The summed E-state index contributed by atoms with van der Waals surface area (Å²) >= 11 is 6.05. The molecule has 0 aromatic heterocycles. The highest BCUT2D eigenvalue weighted by atomic mass is 35.5. The summed E-state index contributed by atoms with van der Waals surface area (Å²) in [6, 6.07) is 2.91.